The van der Waals surface area contributed by atoms with Gasteiger partial charge < -0.3 is 5.32 Å². The molecule has 0 saturated heterocycles. The van der Waals surface area contributed by atoms with Crippen molar-refractivity contribution in [2.75, 3.05) is 5.32 Å². The fourth-order valence-corrected chi connectivity index (χ4v) is 2.52. The van der Waals surface area contributed by atoms with Crippen molar-refractivity contribution in [1.29, 1.82) is 0 Å². The molecule has 0 radical (unpaired) electrons. The predicted octanol–water partition coefficient (Wildman–Crippen LogP) is 3.22. The molecule has 0 aliphatic heterocycles. The normalized spacial score (nSPS) is 11.0. The number of fused-ring (bicyclic) bond motifs is 1. The van der Waals surface area contributed by atoms with Gasteiger partial charge in [0.05, 0.1) is 11.2 Å². The van der Waals surface area contributed by atoms with Gasteiger partial charge in [0.15, 0.2) is 0 Å². The molecule has 0 aliphatic carbocycles. The number of ketones is 1. The second-order valence-corrected chi connectivity index (χ2v) is 5.63. The smallest absolute Gasteiger partial charge is 0.230 e. The Hall–Kier alpha value is -3.26. The Kier molecular flexibility index (Phi) is 3.66. The van der Waals surface area contributed by atoms with E-state index in [1.54, 1.807) is 28.9 Å². The molecule has 3 heterocycles. The van der Waals surface area contributed by atoms with Crippen LogP contribution in [0.1, 0.15) is 16.2 Å². The zero-order chi connectivity index (χ0) is 17.4. The van der Waals surface area contributed by atoms with Gasteiger partial charge in [-0.1, -0.05) is 11.6 Å². The number of nitrogens with zero attached hydrogens (tertiary/aromatic N) is 4. The molecule has 7 nitrogen and oxygen atoms in total. The molecule has 0 fully saturated rings. The highest BCUT2D eigenvalue weighted by molar-refractivity contribution is 6.31. The van der Waals surface area contributed by atoms with Crippen molar-refractivity contribution in [3.63, 3.8) is 0 Å². The van der Waals surface area contributed by atoms with E-state index in [4.69, 9.17) is 11.6 Å². The summed E-state index contributed by atoms with van der Waals surface area (Å²) < 4.78 is 14.7. The second-order valence-electron chi connectivity index (χ2n) is 5.19. The molecule has 0 unspecified atom stereocenters. The third-order valence-electron chi connectivity index (χ3n) is 3.48. The number of hydrogen-bond donors (Lipinski definition) is 2. The largest absolute Gasteiger partial charge is 0.310 e. The van der Waals surface area contributed by atoms with E-state index in [1.165, 1.54) is 24.3 Å². The molecular formula is C16H10ClFN6O. The molecule has 3 aromatic heterocycles. The SMILES string of the molecule is O=C(c1ccc(F)cc1)c1nc(Nc2ccn[nH]2)n2cc(Cl)cc2n1. The molecule has 25 heavy (non-hydrogen) atoms. The first-order valence-corrected chi connectivity index (χ1v) is 7.60. The van der Waals surface area contributed by atoms with E-state index in [1.807, 2.05) is 0 Å². The summed E-state index contributed by atoms with van der Waals surface area (Å²) in [5.74, 6) is 0.0490. The number of H-pyrrole nitrogens is 1. The van der Waals surface area contributed by atoms with Crippen molar-refractivity contribution in [2.24, 2.45) is 0 Å². The van der Waals surface area contributed by atoms with Crippen molar-refractivity contribution in [2.45, 2.75) is 0 Å². The van der Waals surface area contributed by atoms with Gasteiger partial charge in [-0.15, -0.1) is 0 Å². The zero-order valence-corrected chi connectivity index (χ0v) is 13.3. The monoisotopic (exact) mass is 356 g/mol. The summed E-state index contributed by atoms with van der Waals surface area (Å²) in [7, 11) is 0. The van der Waals surface area contributed by atoms with Gasteiger partial charge in [-0.05, 0) is 24.3 Å². The molecule has 0 aliphatic rings. The van der Waals surface area contributed by atoms with Gasteiger partial charge in [-0.2, -0.15) is 10.1 Å². The summed E-state index contributed by atoms with van der Waals surface area (Å²) in [5.41, 5.74) is 0.739. The number of carbonyl (C=O) groups is 1. The standard InChI is InChI=1S/C16H10ClFN6O/c17-10-7-13-21-15(14(25)9-1-3-11(18)4-2-9)22-16(24(13)8-10)20-12-5-6-19-23-12/h1-8H,(H2,19,20,21,22,23). The van der Waals surface area contributed by atoms with Crippen LogP contribution in [0.5, 0.6) is 0 Å². The number of aromatic amines is 1. The Morgan fingerprint density at radius 3 is 2.72 bits per heavy atom. The van der Waals surface area contributed by atoms with Gasteiger partial charge in [0.1, 0.15) is 17.3 Å². The van der Waals surface area contributed by atoms with Crippen molar-refractivity contribution < 1.29 is 9.18 Å². The van der Waals surface area contributed by atoms with E-state index in [0.29, 0.717) is 22.4 Å². The first kappa shape index (κ1) is 15.3. The summed E-state index contributed by atoms with van der Waals surface area (Å²) in [6.45, 7) is 0. The highest BCUT2D eigenvalue weighted by Gasteiger charge is 2.17. The molecule has 1 aromatic carbocycles. The summed E-state index contributed by atoms with van der Waals surface area (Å²) in [6, 6.07) is 8.52. The van der Waals surface area contributed by atoms with Crippen LogP contribution in [0.25, 0.3) is 5.65 Å². The number of benzene rings is 1. The lowest BCUT2D eigenvalue weighted by molar-refractivity contribution is 0.102. The van der Waals surface area contributed by atoms with Crippen LogP contribution in [0, 0.1) is 5.82 Å². The molecule has 0 bridgehead atoms. The van der Waals surface area contributed by atoms with Gasteiger partial charge in [0, 0.05) is 23.9 Å². The molecule has 4 rings (SSSR count). The minimum Gasteiger partial charge on any atom is -0.310 e. The summed E-state index contributed by atoms with van der Waals surface area (Å²) in [5, 5.41) is 10.1. The number of anilines is 2. The second kappa shape index (κ2) is 5.99. The number of halogens is 2. The van der Waals surface area contributed by atoms with Gasteiger partial charge >= 0.3 is 0 Å². The van der Waals surface area contributed by atoms with E-state index in [9.17, 15) is 9.18 Å². The molecule has 4 aromatic rings. The molecule has 2 N–H and O–H groups in total. The van der Waals surface area contributed by atoms with E-state index in [-0.39, 0.29) is 11.4 Å². The Labute approximate surface area is 145 Å². The number of hydrogen-bond acceptors (Lipinski definition) is 5. The molecule has 0 amide bonds. The maximum absolute atomic E-state index is 13.1. The summed E-state index contributed by atoms with van der Waals surface area (Å²) in [4.78, 5) is 21.1. The van der Waals surface area contributed by atoms with Crippen molar-refractivity contribution in [1.82, 2.24) is 24.6 Å². The number of carbonyl (C=O) groups excluding carboxylic acids is 1. The Morgan fingerprint density at radius 1 is 1.20 bits per heavy atom. The summed E-state index contributed by atoms with van der Waals surface area (Å²) in [6.07, 6.45) is 3.20. The minimum absolute atomic E-state index is 0.0316. The van der Waals surface area contributed by atoms with E-state index < -0.39 is 11.6 Å². The van der Waals surface area contributed by atoms with Crippen molar-refractivity contribution in [3.8, 4) is 0 Å². The van der Waals surface area contributed by atoms with Crippen LogP contribution in [-0.4, -0.2) is 30.3 Å². The topological polar surface area (TPSA) is 88.0 Å². The van der Waals surface area contributed by atoms with E-state index >= 15 is 0 Å². The van der Waals surface area contributed by atoms with Crippen LogP contribution in [0.15, 0.2) is 48.8 Å². The third-order valence-corrected chi connectivity index (χ3v) is 3.69. The highest BCUT2D eigenvalue weighted by Crippen LogP contribution is 2.20. The number of nitrogens with one attached hydrogen (secondary N) is 2. The minimum atomic E-state index is -0.424. The lowest BCUT2D eigenvalue weighted by atomic mass is 10.1. The first-order chi connectivity index (χ1) is 12.1. The van der Waals surface area contributed by atoms with Crippen molar-refractivity contribution >= 4 is 34.8 Å². The molecule has 9 heteroatoms. The van der Waals surface area contributed by atoms with Crippen molar-refractivity contribution in [3.05, 3.63) is 71.0 Å². The highest BCUT2D eigenvalue weighted by atomic mass is 35.5. The number of aromatic nitrogens is 5. The average molecular weight is 357 g/mol. The quantitative estimate of drug-likeness (QED) is 0.548. The van der Waals surface area contributed by atoms with E-state index in [2.05, 4.69) is 25.5 Å². The van der Waals surface area contributed by atoms with Gasteiger partial charge in [0.25, 0.3) is 0 Å². The van der Waals surface area contributed by atoms with Crippen LogP contribution in [0.3, 0.4) is 0 Å². The Balaban J connectivity index is 1.81. The van der Waals surface area contributed by atoms with Gasteiger partial charge in [-0.25, -0.2) is 9.37 Å². The zero-order valence-electron chi connectivity index (χ0n) is 12.6. The maximum Gasteiger partial charge on any atom is 0.230 e. The number of rotatable bonds is 4. The van der Waals surface area contributed by atoms with Crippen LogP contribution in [0.4, 0.5) is 16.2 Å². The van der Waals surface area contributed by atoms with Crippen LogP contribution in [-0.2, 0) is 0 Å². The summed E-state index contributed by atoms with van der Waals surface area (Å²) >= 11 is 6.04. The third kappa shape index (κ3) is 2.94. The fraction of sp³-hybridized carbons (Fsp3) is 0. The fourth-order valence-electron chi connectivity index (χ4n) is 2.33. The Morgan fingerprint density at radius 2 is 2.00 bits per heavy atom. The van der Waals surface area contributed by atoms with Gasteiger partial charge in [-0.3, -0.25) is 14.3 Å². The average Bonchev–Trinajstić information content (AvgIpc) is 3.23. The molecule has 0 spiro atoms. The van der Waals surface area contributed by atoms with Crippen LogP contribution >= 0.6 is 11.6 Å². The molecule has 124 valence electrons. The molecule has 0 atom stereocenters. The lowest BCUT2D eigenvalue weighted by Crippen LogP contribution is -2.12. The lowest BCUT2D eigenvalue weighted by Gasteiger charge is -2.08. The van der Waals surface area contributed by atoms with Crippen LogP contribution in [0.2, 0.25) is 5.02 Å². The van der Waals surface area contributed by atoms with Gasteiger partial charge in [0.2, 0.25) is 17.6 Å². The molecular weight excluding hydrogens is 347 g/mol. The van der Waals surface area contributed by atoms with E-state index in [0.717, 1.165) is 0 Å². The maximum atomic E-state index is 13.1. The molecule has 0 saturated carbocycles. The van der Waals surface area contributed by atoms with Crippen LogP contribution < -0.4 is 5.32 Å². The predicted molar refractivity (Wildman–Crippen MR) is 89.7 cm³/mol. The first-order valence-electron chi connectivity index (χ1n) is 7.22. The Bertz CT molecular complexity index is 1060.